The van der Waals surface area contributed by atoms with Gasteiger partial charge in [-0.05, 0) is 56.0 Å². The van der Waals surface area contributed by atoms with Crippen LogP contribution in [0.3, 0.4) is 0 Å². The molecule has 5 rings (SSSR count). The van der Waals surface area contributed by atoms with Crippen molar-refractivity contribution >= 4 is 44.5 Å². The Morgan fingerprint density at radius 1 is 1.36 bits per heavy atom. The van der Waals surface area contributed by atoms with Crippen LogP contribution in [0.25, 0.3) is 10.1 Å². The number of Topliss-reactive ketones (excluding diaryl/α,β-unsaturated/α-hetero) is 1. The third-order valence-corrected chi connectivity index (χ3v) is 6.84. The van der Waals surface area contributed by atoms with E-state index in [0.29, 0.717) is 27.9 Å². The van der Waals surface area contributed by atoms with Crippen molar-refractivity contribution < 1.29 is 4.79 Å². The summed E-state index contributed by atoms with van der Waals surface area (Å²) >= 11 is 7.92. The zero-order valence-electron chi connectivity index (χ0n) is 12.3. The van der Waals surface area contributed by atoms with Crippen LogP contribution in [0.4, 0.5) is 5.69 Å². The molecule has 0 unspecified atom stereocenters. The standard InChI is InChI=1S/C17H19ClN2OS/c18-16-13-2-1-12(19)8-15(13)22-17(16)14(21)7-11-9-20-5-3-10(11)4-6-20/h1-2,8,10-11H,3-7,9,19H2/t11-/m0/s1. The first-order valence-corrected chi connectivity index (χ1v) is 9.04. The van der Waals surface area contributed by atoms with Crippen LogP contribution in [0, 0.1) is 11.8 Å². The second-order valence-electron chi connectivity index (χ2n) is 6.53. The number of carbonyl (C=O) groups is 1. The number of hydrogen-bond donors (Lipinski definition) is 1. The number of carbonyl (C=O) groups excluding carboxylic acids is 1. The molecule has 22 heavy (non-hydrogen) atoms. The minimum absolute atomic E-state index is 0.198. The second-order valence-corrected chi connectivity index (χ2v) is 7.96. The van der Waals surface area contributed by atoms with E-state index < -0.39 is 0 Å². The molecule has 1 aromatic heterocycles. The van der Waals surface area contributed by atoms with E-state index in [9.17, 15) is 4.79 Å². The van der Waals surface area contributed by atoms with E-state index in [1.807, 2.05) is 18.2 Å². The molecule has 1 atom stereocenters. The molecule has 116 valence electrons. The number of fused-ring (bicyclic) bond motifs is 4. The molecule has 2 bridgehead atoms. The first-order chi connectivity index (χ1) is 10.6. The van der Waals surface area contributed by atoms with E-state index in [4.69, 9.17) is 17.3 Å². The molecule has 1 aromatic carbocycles. The van der Waals surface area contributed by atoms with Crippen molar-refractivity contribution in [1.29, 1.82) is 0 Å². The third-order valence-electron chi connectivity index (χ3n) is 5.15. The number of nitrogen functional groups attached to an aromatic ring is 1. The van der Waals surface area contributed by atoms with E-state index >= 15 is 0 Å². The van der Waals surface area contributed by atoms with Gasteiger partial charge in [0.2, 0.25) is 0 Å². The zero-order valence-corrected chi connectivity index (χ0v) is 13.9. The second kappa shape index (κ2) is 5.52. The molecule has 0 saturated carbocycles. The van der Waals surface area contributed by atoms with Crippen molar-refractivity contribution in [3.8, 4) is 0 Å². The van der Waals surface area contributed by atoms with E-state index in [-0.39, 0.29) is 5.78 Å². The fourth-order valence-corrected chi connectivity index (χ4v) is 5.44. The predicted octanol–water partition coefficient (Wildman–Crippen LogP) is 4.05. The predicted molar refractivity (Wildman–Crippen MR) is 92.8 cm³/mol. The normalized spacial score (nSPS) is 27.4. The van der Waals surface area contributed by atoms with Crippen molar-refractivity contribution in [2.75, 3.05) is 25.4 Å². The summed E-state index contributed by atoms with van der Waals surface area (Å²) in [5.74, 6) is 1.42. The molecule has 0 radical (unpaired) electrons. The van der Waals surface area contributed by atoms with Gasteiger partial charge in [-0.3, -0.25) is 4.79 Å². The third kappa shape index (κ3) is 2.43. The lowest BCUT2D eigenvalue weighted by Crippen LogP contribution is -2.47. The van der Waals surface area contributed by atoms with Crippen molar-refractivity contribution in [3.05, 3.63) is 28.1 Å². The van der Waals surface area contributed by atoms with Crippen LogP contribution in [0.5, 0.6) is 0 Å². The molecule has 3 saturated heterocycles. The first kappa shape index (κ1) is 14.5. The number of rotatable bonds is 3. The van der Waals surface area contributed by atoms with Crippen LogP contribution in [-0.2, 0) is 0 Å². The van der Waals surface area contributed by atoms with Gasteiger partial charge in [0.1, 0.15) is 0 Å². The molecular formula is C17H19ClN2OS. The molecule has 2 aromatic rings. The number of piperidine rings is 3. The van der Waals surface area contributed by atoms with Gasteiger partial charge in [-0.2, -0.15) is 0 Å². The number of nitrogens with two attached hydrogens (primary N) is 1. The van der Waals surface area contributed by atoms with Gasteiger partial charge >= 0.3 is 0 Å². The van der Waals surface area contributed by atoms with E-state index in [1.165, 1.54) is 37.3 Å². The summed E-state index contributed by atoms with van der Waals surface area (Å²) in [6.45, 7) is 3.49. The highest BCUT2D eigenvalue weighted by Crippen LogP contribution is 2.40. The maximum Gasteiger partial charge on any atom is 0.174 e. The monoisotopic (exact) mass is 334 g/mol. The summed E-state index contributed by atoms with van der Waals surface area (Å²) in [7, 11) is 0. The lowest BCUT2D eigenvalue weighted by molar-refractivity contribution is 0.0442. The van der Waals surface area contributed by atoms with Crippen LogP contribution < -0.4 is 5.73 Å². The summed E-state index contributed by atoms with van der Waals surface area (Å²) < 4.78 is 1.00. The Balaban J connectivity index is 1.59. The Hall–Kier alpha value is -1.10. The quantitative estimate of drug-likeness (QED) is 0.680. The van der Waals surface area contributed by atoms with E-state index in [2.05, 4.69) is 4.90 Å². The SMILES string of the molecule is Nc1ccc2c(Cl)c(C(=O)C[C@H]3CN4CCC3CC4)sc2c1. The molecule has 5 heteroatoms. The average Bonchev–Trinajstić information content (AvgIpc) is 2.85. The fraction of sp³-hybridized carbons (Fsp3) is 0.471. The average molecular weight is 335 g/mol. The van der Waals surface area contributed by atoms with Gasteiger partial charge in [-0.1, -0.05) is 11.6 Å². The van der Waals surface area contributed by atoms with Crippen molar-refractivity contribution in [2.24, 2.45) is 11.8 Å². The number of benzene rings is 1. The number of ketones is 1. The van der Waals surface area contributed by atoms with Crippen molar-refractivity contribution in [1.82, 2.24) is 4.90 Å². The van der Waals surface area contributed by atoms with Gasteiger partial charge in [0, 0.05) is 28.7 Å². The molecule has 4 heterocycles. The summed E-state index contributed by atoms with van der Waals surface area (Å²) in [6.07, 6.45) is 3.12. The molecule has 0 aliphatic carbocycles. The van der Waals surface area contributed by atoms with Crippen LogP contribution in [0.15, 0.2) is 18.2 Å². The van der Waals surface area contributed by atoms with Gasteiger partial charge < -0.3 is 10.6 Å². The number of halogens is 1. The maximum absolute atomic E-state index is 12.7. The van der Waals surface area contributed by atoms with Crippen LogP contribution in [-0.4, -0.2) is 30.3 Å². The lowest BCUT2D eigenvalue weighted by Gasteiger charge is -2.44. The Morgan fingerprint density at radius 3 is 2.82 bits per heavy atom. The van der Waals surface area contributed by atoms with E-state index in [1.54, 1.807) is 0 Å². The Bertz CT molecular complexity index is 734. The highest BCUT2D eigenvalue weighted by atomic mass is 35.5. The van der Waals surface area contributed by atoms with Crippen LogP contribution in [0.2, 0.25) is 5.02 Å². The van der Waals surface area contributed by atoms with Gasteiger partial charge in [0.15, 0.2) is 5.78 Å². The van der Waals surface area contributed by atoms with Crippen LogP contribution in [0.1, 0.15) is 28.9 Å². The summed E-state index contributed by atoms with van der Waals surface area (Å²) in [5.41, 5.74) is 6.53. The van der Waals surface area contributed by atoms with Gasteiger partial charge in [-0.25, -0.2) is 0 Å². The number of nitrogens with zero attached hydrogens (tertiary/aromatic N) is 1. The minimum Gasteiger partial charge on any atom is -0.399 e. The minimum atomic E-state index is 0.198. The molecule has 3 nitrogen and oxygen atoms in total. The fourth-order valence-electron chi connectivity index (χ4n) is 3.91. The summed E-state index contributed by atoms with van der Waals surface area (Å²) in [6, 6.07) is 5.65. The maximum atomic E-state index is 12.7. The lowest BCUT2D eigenvalue weighted by atomic mass is 9.76. The molecule has 3 fully saturated rings. The highest BCUT2D eigenvalue weighted by molar-refractivity contribution is 7.21. The smallest absolute Gasteiger partial charge is 0.174 e. The topological polar surface area (TPSA) is 46.3 Å². The number of thiophene rings is 1. The number of anilines is 1. The molecular weight excluding hydrogens is 316 g/mol. The molecule has 3 aliphatic heterocycles. The van der Waals surface area contributed by atoms with Gasteiger partial charge in [0.25, 0.3) is 0 Å². The molecule has 0 spiro atoms. The van der Waals surface area contributed by atoms with Crippen molar-refractivity contribution in [3.63, 3.8) is 0 Å². The Labute approximate surface area is 139 Å². The molecule has 3 aliphatic rings. The molecule has 2 N–H and O–H groups in total. The molecule has 0 amide bonds. The highest BCUT2D eigenvalue weighted by Gasteiger charge is 2.35. The van der Waals surface area contributed by atoms with Gasteiger partial charge in [0.05, 0.1) is 9.90 Å². The first-order valence-electron chi connectivity index (χ1n) is 7.85. The Kier molecular flexibility index (Phi) is 3.63. The largest absolute Gasteiger partial charge is 0.399 e. The van der Waals surface area contributed by atoms with Crippen molar-refractivity contribution in [2.45, 2.75) is 19.3 Å². The summed E-state index contributed by atoms with van der Waals surface area (Å²) in [5, 5.41) is 1.55. The summed E-state index contributed by atoms with van der Waals surface area (Å²) in [4.78, 5) is 15.9. The zero-order chi connectivity index (χ0) is 15.3. The Morgan fingerprint density at radius 2 is 2.14 bits per heavy atom. The van der Waals surface area contributed by atoms with Crippen LogP contribution >= 0.6 is 22.9 Å². The number of hydrogen-bond acceptors (Lipinski definition) is 4. The van der Waals surface area contributed by atoms with E-state index in [0.717, 1.165) is 22.5 Å². The van der Waals surface area contributed by atoms with Gasteiger partial charge in [-0.15, -0.1) is 11.3 Å².